The summed E-state index contributed by atoms with van der Waals surface area (Å²) in [6, 6.07) is 0. The molecule has 0 aromatic rings. The zero-order chi connectivity index (χ0) is 9.03. The zero-order valence-corrected chi connectivity index (χ0v) is 8.25. The smallest absolute Gasteiger partial charge is 0.0900 e. The molecule has 0 N–H and O–H groups in total. The minimum atomic E-state index is 0.0459. The fourth-order valence-corrected chi connectivity index (χ4v) is 1.14. The lowest BCUT2D eigenvalue weighted by molar-refractivity contribution is 0.489. The van der Waals surface area contributed by atoms with Crippen molar-refractivity contribution in [3.8, 4) is 0 Å². The Morgan fingerprint density at radius 2 is 2.17 bits per heavy atom. The van der Waals surface area contributed by atoms with Crippen molar-refractivity contribution >= 4 is 6.34 Å². The second-order valence-electron chi connectivity index (χ2n) is 3.51. The Hall–Kier alpha value is -0.790. The van der Waals surface area contributed by atoms with E-state index in [1.807, 2.05) is 6.34 Å². The van der Waals surface area contributed by atoms with Crippen LogP contribution in [0.3, 0.4) is 0 Å². The molecule has 0 aromatic heterocycles. The highest BCUT2D eigenvalue weighted by molar-refractivity contribution is 5.59. The molecule has 0 radical (unpaired) electrons. The van der Waals surface area contributed by atoms with Gasteiger partial charge in [-0.2, -0.15) is 0 Å². The maximum Gasteiger partial charge on any atom is 0.0900 e. The zero-order valence-electron chi connectivity index (χ0n) is 8.25. The van der Waals surface area contributed by atoms with Crippen LogP contribution in [0, 0.1) is 0 Å². The molecule has 1 aliphatic heterocycles. The van der Waals surface area contributed by atoms with Gasteiger partial charge in [0.05, 0.1) is 11.9 Å². The van der Waals surface area contributed by atoms with E-state index in [1.54, 1.807) is 0 Å². The summed E-state index contributed by atoms with van der Waals surface area (Å²) in [4.78, 5) is 6.63. The highest BCUT2D eigenvalue weighted by Crippen LogP contribution is 2.19. The van der Waals surface area contributed by atoms with Crippen molar-refractivity contribution in [1.82, 2.24) is 4.90 Å². The van der Waals surface area contributed by atoms with E-state index in [-0.39, 0.29) is 5.54 Å². The second-order valence-corrected chi connectivity index (χ2v) is 3.51. The van der Waals surface area contributed by atoms with Crippen LogP contribution in [0.4, 0.5) is 0 Å². The van der Waals surface area contributed by atoms with E-state index in [0.717, 1.165) is 13.0 Å². The van der Waals surface area contributed by atoms with E-state index >= 15 is 0 Å². The largest absolute Gasteiger partial charge is 0.340 e. The van der Waals surface area contributed by atoms with E-state index in [2.05, 4.69) is 42.9 Å². The molecule has 1 heterocycles. The summed E-state index contributed by atoms with van der Waals surface area (Å²) >= 11 is 0. The maximum atomic E-state index is 4.49. The van der Waals surface area contributed by atoms with Gasteiger partial charge in [-0.05, 0) is 25.8 Å². The molecule has 0 aromatic carbocycles. The number of nitrogens with zero attached hydrogens (tertiary/aromatic N) is 2. The highest BCUT2D eigenvalue weighted by atomic mass is 15.2. The first-order chi connectivity index (χ1) is 5.70. The quantitative estimate of drug-likeness (QED) is 0.628. The molecule has 12 heavy (non-hydrogen) atoms. The first-order valence-electron chi connectivity index (χ1n) is 4.70. The average molecular weight is 166 g/mol. The molecule has 0 fully saturated rings. The van der Waals surface area contributed by atoms with Gasteiger partial charge in [0.15, 0.2) is 0 Å². The number of hydrogen-bond acceptors (Lipinski definition) is 2. The Morgan fingerprint density at radius 3 is 2.58 bits per heavy atom. The summed E-state index contributed by atoms with van der Waals surface area (Å²) in [6.45, 7) is 7.57. The van der Waals surface area contributed by atoms with Crippen molar-refractivity contribution in [3.63, 3.8) is 0 Å². The van der Waals surface area contributed by atoms with E-state index in [1.165, 1.54) is 6.42 Å². The SMILES string of the molecule is CCCN1C=CC(C)(CC)N=C1. The van der Waals surface area contributed by atoms with Gasteiger partial charge in [-0.25, -0.2) is 0 Å². The minimum absolute atomic E-state index is 0.0459. The third-order valence-corrected chi connectivity index (χ3v) is 2.32. The van der Waals surface area contributed by atoms with Crippen LogP contribution < -0.4 is 0 Å². The molecule has 2 heteroatoms. The highest BCUT2D eigenvalue weighted by Gasteiger charge is 2.18. The lowest BCUT2D eigenvalue weighted by Crippen LogP contribution is -2.28. The molecule has 1 aliphatic rings. The predicted octanol–water partition coefficient (Wildman–Crippen LogP) is 2.42. The van der Waals surface area contributed by atoms with Crippen LogP contribution in [0.25, 0.3) is 0 Å². The van der Waals surface area contributed by atoms with Gasteiger partial charge >= 0.3 is 0 Å². The summed E-state index contributed by atoms with van der Waals surface area (Å²) < 4.78 is 0. The molecule has 0 aliphatic carbocycles. The van der Waals surface area contributed by atoms with E-state index in [9.17, 15) is 0 Å². The van der Waals surface area contributed by atoms with Gasteiger partial charge in [0.25, 0.3) is 0 Å². The van der Waals surface area contributed by atoms with Crippen molar-refractivity contribution < 1.29 is 0 Å². The summed E-state index contributed by atoms with van der Waals surface area (Å²) in [7, 11) is 0. The van der Waals surface area contributed by atoms with Gasteiger partial charge in [-0.15, -0.1) is 0 Å². The van der Waals surface area contributed by atoms with Crippen LogP contribution >= 0.6 is 0 Å². The topological polar surface area (TPSA) is 15.6 Å². The monoisotopic (exact) mass is 166 g/mol. The molecule has 0 saturated carbocycles. The third-order valence-electron chi connectivity index (χ3n) is 2.32. The number of hydrogen-bond donors (Lipinski definition) is 0. The van der Waals surface area contributed by atoms with Gasteiger partial charge in [0, 0.05) is 12.7 Å². The molecule has 2 nitrogen and oxygen atoms in total. The van der Waals surface area contributed by atoms with Gasteiger partial charge in [-0.3, -0.25) is 4.99 Å². The Kier molecular flexibility index (Phi) is 2.90. The summed E-state index contributed by atoms with van der Waals surface area (Å²) in [5, 5.41) is 0. The van der Waals surface area contributed by atoms with E-state index < -0.39 is 0 Å². The van der Waals surface area contributed by atoms with Gasteiger partial charge in [0.1, 0.15) is 0 Å². The van der Waals surface area contributed by atoms with E-state index in [0.29, 0.717) is 0 Å². The first kappa shape index (κ1) is 9.30. The molecule has 0 amide bonds. The van der Waals surface area contributed by atoms with Crippen molar-refractivity contribution in [2.45, 2.75) is 39.2 Å². The Balaban J connectivity index is 2.54. The fourth-order valence-electron chi connectivity index (χ4n) is 1.14. The normalized spacial score (nSPS) is 28.1. The molecule has 1 atom stereocenters. The molecule has 0 saturated heterocycles. The summed E-state index contributed by atoms with van der Waals surface area (Å²) in [5.74, 6) is 0. The predicted molar refractivity (Wildman–Crippen MR) is 53.3 cm³/mol. The fraction of sp³-hybridized carbons (Fsp3) is 0.700. The van der Waals surface area contributed by atoms with Crippen molar-refractivity contribution in [2.24, 2.45) is 4.99 Å². The van der Waals surface area contributed by atoms with Crippen LogP contribution in [0.2, 0.25) is 0 Å². The van der Waals surface area contributed by atoms with Gasteiger partial charge in [-0.1, -0.05) is 13.8 Å². The van der Waals surface area contributed by atoms with Crippen molar-refractivity contribution in [2.75, 3.05) is 6.54 Å². The van der Waals surface area contributed by atoms with Gasteiger partial charge in [0.2, 0.25) is 0 Å². The maximum absolute atomic E-state index is 4.49. The molecule has 0 spiro atoms. The number of aliphatic imine (C=N–C) groups is 1. The molecular formula is C10H18N2. The van der Waals surface area contributed by atoms with Crippen molar-refractivity contribution in [3.05, 3.63) is 12.3 Å². The van der Waals surface area contributed by atoms with E-state index in [4.69, 9.17) is 0 Å². The van der Waals surface area contributed by atoms with Crippen LogP contribution in [0.5, 0.6) is 0 Å². The number of rotatable bonds is 3. The molecule has 0 bridgehead atoms. The average Bonchev–Trinajstić information content (AvgIpc) is 2.10. The summed E-state index contributed by atoms with van der Waals surface area (Å²) in [6.07, 6.45) is 8.51. The third kappa shape index (κ3) is 2.10. The second kappa shape index (κ2) is 3.74. The molecular weight excluding hydrogens is 148 g/mol. The first-order valence-corrected chi connectivity index (χ1v) is 4.70. The minimum Gasteiger partial charge on any atom is -0.340 e. The Morgan fingerprint density at radius 1 is 1.42 bits per heavy atom. The Bertz CT molecular complexity index is 180. The van der Waals surface area contributed by atoms with Crippen molar-refractivity contribution in [1.29, 1.82) is 0 Å². The molecule has 1 unspecified atom stereocenters. The standard InChI is InChI=1S/C10H18N2/c1-4-7-12-8-6-10(3,5-2)11-9-12/h6,8-9H,4-5,7H2,1-3H3. The Labute approximate surface area is 75.0 Å². The van der Waals surface area contributed by atoms with Crippen LogP contribution in [-0.2, 0) is 0 Å². The van der Waals surface area contributed by atoms with Crippen LogP contribution in [0.1, 0.15) is 33.6 Å². The molecule has 68 valence electrons. The lowest BCUT2D eigenvalue weighted by Gasteiger charge is -2.26. The van der Waals surface area contributed by atoms with Crippen LogP contribution in [-0.4, -0.2) is 23.3 Å². The molecule has 1 rings (SSSR count). The van der Waals surface area contributed by atoms with Crippen LogP contribution in [0.15, 0.2) is 17.3 Å². The summed E-state index contributed by atoms with van der Waals surface area (Å²) in [5.41, 5.74) is 0.0459. The lowest BCUT2D eigenvalue weighted by atomic mass is 9.99. The van der Waals surface area contributed by atoms with Gasteiger partial charge < -0.3 is 4.90 Å².